The molecule has 3 N–H and O–H groups in total. The van der Waals surface area contributed by atoms with Gasteiger partial charge in [-0.2, -0.15) is 0 Å². The molecule has 36 heavy (non-hydrogen) atoms. The van der Waals surface area contributed by atoms with Crippen LogP contribution in [0.25, 0.3) is 0 Å². The molecule has 0 spiro atoms. The quantitative estimate of drug-likeness (QED) is 0.429. The minimum Gasteiger partial charge on any atom is -0.483 e. The molecular formula is C26H33Cl2FN4O3. The zero-order valence-corrected chi connectivity index (χ0v) is 22.1. The molecule has 1 heterocycles. The van der Waals surface area contributed by atoms with E-state index in [0.717, 1.165) is 5.56 Å². The van der Waals surface area contributed by atoms with Crippen LogP contribution in [0.1, 0.15) is 43.9 Å². The van der Waals surface area contributed by atoms with Gasteiger partial charge in [-0.3, -0.25) is 9.69 Å². The molecule has 196 valence electrons. The van der Waals surface area contributed by atoms with Gasteiger partial charge in [0.25, 0.3) is 5.91 Å². The molecule has 2 aromatic carbocycles. The number of alkyl halides is 1. The standard InChI is InChI=1S/C26H33Cl2FN4O3/c1-17-14-33(18(2)13-32(17)15-19-5-8-21(29)9-6-19)25(34)16-36-24-10-7-20(28)12-22(24)23(4-3-11-27)31-26(30)35/h5-10,12,17-18,23H,3-4,11,13-16H2,1-2H3,(H3,30,31,35)/t17-,18+,23?/m0/s1. The number of urea groups is 1. The highest BCUT2D eigenvalue weighted by Crippen LogP contribution is 2.31. The van der Waals surface area contributed by atoms with Crippen LogP contribution in [0.4, 0.5) is 9.18 Å². The summed E-state index contributed by atoms with van der Waals surface area (Å²) in [5.74, 6) is 0.499. The monoisotopic (exact) mass is 538 g/mol. The van der Waals surface area contributed by atoms with Gasteiger partial charge in [-0.25, -0.2) is 9.18 Å². The number of piperazine rings is 1. The van der Waals surface area contributed by atoms with Gasteiger partial charge in [0, 0.05) is 48.2 Å². The SMILES string of the molecule is C[C@@H]1CN(Cc2ccc(F)cc2)[C@@H](C)CN1C(=O)COc1ccc(Cl)cc1C(CCCCl)NC(N)=O. The van der Waals surface area contributed by atoms with E-state index < -0.39 is 12.1 Å². The predicted octanol–water partition coefficient (Wildman–Crippen LogP) is 4.71. The number of hydrogen-bond acceptors (Lipinski definition) is 4. The number of hydrogen-bond donors (Lipinski definition) is 2. The maximum absolute atomic E-state index is 13.2. The number of nitrogens with zero attached hydrogens (tertiary/aromatic N) is 2. The van der Waals surface area contributed by atoms with E-state index >= 15 is 0 Å². The van der Waals surface area contributed by atoms with Crippen molar-refractivity contribution in [2.24, 2.45) is 5.73 Å². The lowest BCUT2D eigenvalue weighted by Crippen LogP contribution is -2.58. The fourth-order valence-electron chi connectivity index (χ4n) is 4.49. The van der Waals surface area contributed by atoms with Gasteiger partial charge in [-0.1, -0.05) is 23.7 Å². The average molecular weight is 539 g/mol. The molecule has 1 unspecified atom stereocenters. The van der Waals surface area contributed by atoms with Crippen molar-refractivity contribution in [3.8, 4) is 5.75 Å². The molecule has 0 aromatic heterocycles. The lowest BCUT2D eigenvalue weighted by Gasteiger charge is -2.44. The number of carbonyl (C=O) groups excluding carboxylic acids is 2. The Morgan fingerprint density at radius 1 is 1.17 bits per heavy atom. The third-order valence-electron chi connectivity index (χ3n) is 6.38. The third-order valence-corrected chi connectivity index (χ3v) is 6.88. The summed E-state index contributed by atoms with van der Waals surface area (Å²) < 4.78 is 19.2. The van der Waals surface area contributed by atoms with E-state index in [9.17, 15) is 14.0 Å². The number of benzene rings is 2. The molecule has 3 amide bonds. The highest BCUT2D eigenvalue weighted by Gasteiger charge is 2.32. The summed E-state index contributed by atoms with van der Waals surface area (Å²) in [4.78, 5) is 28.8. The van der Waals surface area contributed by atoms with Crippen molar-refractivity contribution < 1.29 is 18.7 Å². The third kappa shape index (κ3) is 7.72. The van der Waals surface area contributed by atoms with Crippen LogP contribution in [0.2, 0.25) is 5.02 Å². The molecule has 0 radical (unpaired) electrons. The van der Waals surface area contributed by atoms with E-state index in [1.807, 2.05) is 11.8 Å². The molecule has 0 bridgehead atoms. The van der Waals surface area contributed by atoms with Crippen LogP contribution in [0.3, 0.4) is 0 Å². The molecule has 0 aliphatic carbocycles. The van der Waals surface area contributed by atoms with Gasteiger partial charge in [-0.15, -0.1) is 11.6 Å². The minimum absolute atomic E-state index is 0.0181. The summed E-state index contributed by atoms with van der Waals surface area (Å²) in [6.45, 7) is 5.87. The van der Waals surface area contributed by atoms with Gasteiger partial charge < -0.3 is 20.7 Å². The smallest absolute Gasteiger partial charge is 0.312 e. The summed E-state index contributed by atoms with van der Waals surface area (Å²) in [6.07, 6.45) is 1.19. The molecular weight excluding hydrogens is 506 g/mol. The van der Waals surface area contributed by atoms with Crippen molar-refractivity contribution in [3.05, 3.63) is 64.4 Å². The van der Waals surface area contributed by atoms with Crippen LogP contribution in [0, 0.1) is 5.82 Å². The Kier molecular flexibility index (Phi) is 10.2. The molecule has 3 rings (SSSR count). The van der Waals surface area contributed by atoms with Gasteiger partial charge >= 0.3 is 6.03 Å². The van der Waals surface area contributed by atoms with Crippen molar-refractivity contribution in [1.29, 1.82) is 0 Å². The molecule has 7 nitrogen and oxygen atoms in total. The summed E-state index contributed by atoms with van der Waals surface area (Å²) in [7, 11) is 0. The Morgan fingerprint density at radius 3 is 2.56 bits per heavy atom. The summed E-state index contributed by atoms with van der Waals surface area (Å²) in [5, 5.41) is 3.19. The molecule has 10 heteroatoms. The average Bonchev–Trinajstić information content (AvgIpc) is 2.84. The molecule has 2 aromatic rings. The molecule has 1 aliphatic heterocycles. The van der Waals surface area contributed by atoms with E-state index in [2.05, 4.69) is 17.1 Å². The van der Waals surface area contributed by atoms with Crippen LogP contribution < -0.4 is 15.8 Å². The Hall–Kier alpha value is -2.55. The maximum Gasteiger partial charge on any atom is 0.312 e. The molecule has 1 fully saturated rings. The fourth-order valence-corrected chi connectivity index (χ4v) is 4.83. The number of rotatable bonds is 10. The van der Waals surface area contributed by atoms with Gasteiger partial charge in [0.05, 0.1) is 6.04 Å². The van der Waals surface area contributed by atoms with Crippen molar-refractivity contribution in [1.82, 2.24) is 15.1 Å². The zero-order valence-electron chi connectivity index (χ0n) is 20.6. The van der Waals surface area contributed by atoms with E-state index in [-0.39, 0.29) is 30.4 Å². The topological polar surface area (TPSA) is 87.9 Å². The van der Waals surface area contributed by atoms with Crippen LogP contribution in [-0.2, 0) is 11.3 Å². The van der Waals surface area contributed by atoms with E-state index in [1.165, 1.54) is 12.1 Å². The normalized spacial score (nSPS) is 19.1. The Balaban J connectivity index is 1.65. The summed E-state index contributed by atoms with van der Waals surface area (Å²) in [5.41, 5.74) is 7.04. The molecule has 1 aliphatic rings. The lowest BCUT2D eigenvalue weighted by molar-refractivity contribution is -0.139. The molecule has 1 saturated heterocycles. The van der Waals surface area contributed by atoms with E-state index in [0.29, 0.717) is 54.7 Å². The first-order valence-electron chi connectivity index (χ1n) is 12.0. The highest BCUT2D eigenvalue weighted by atomic mass is 35.5. The fraction of sp³-hybridized carbons (Fsp3) is 0.462. The predicted molar refractivity (Wildman–Crippen MR) is 140 cm³/mol. The molecule has 0 saturated carbocycles. The Labute approximate surface area is 221 Å². The first-order chi connectivity index (χ1) is 17.2. The van der Waals surface area contributed by atoms with Crippen LogP contribution in [0.5, 0.6) is 5.75 Å². The lowest BCUT2D eigenvalue weighted by atomic mass is 10.0. The van der Waals surface area contributed by atoms with Crippen molar-refractivity contribution in [2.45, 2.75) is 51.4 Å². The number of nitrogens with two attached hydrogens (primary N) is 1. The maximum atomic E-state index is 13.2. The van der Waals surface area contributed by atoms with Crippen LogP contribution in [0.15, 0.2) is 42.5 Å². The molecule has 3 atom stereocenters. The first kappa shape index (κ1) is 28.0. The van der Waals surface area contributed by atoms with Crippen molar-refractivity contribution in [3.63, 3.8) is 0 Å². The second kappa shape index (κ2) is 13.1. The first-order valence-corrected chi connectivity index (χ1v) is 12.9. The van der Waals surface area contributed by atoms with Gasteiger partial charge in [0.15, 0.2) is 6.61 Å². The van der Waals surface area contributed by atoms with Gasteiger partial charge in [0.1, 0.15) is 11.6 Å². The minimum atomic E-state index is -0.669. The number of ether oxygens (including phenoxy) is 1. The number of carbonyl (C=O) groups is 2. The largest absolute Gasteiger partial charge is 0.483 e. The Bertz CT molecular complexity index is 1040. The Morgan fingerprint density at radius 2 is 1.89 bits per heavy atom. The van der Waals surface area contributed by atoms with Gasteiger partial charge in [-0.05, 0) is 62.6 Å². The van der Waals surface area contributed by atoms with Crippen LogP contribution in [-0.4, -0.2) is 59.4 Å². The van der Waals surface area contributed by atoms with Crippen molar-refractivity contribution in [2.75, 3.05) is 25.6 Å². The van der Waals surface area contributed by atoms with Crippen molar-refractivity contribution >= 4 is 35.1 Å². The zero-order chi connectivity index (χ0) is 26.2. The number of nitrogens with one attached hydrogen (secondary N) is 1. The number of halogens is 3. The van der Waals surface area contributed by atoms with E-state index in [4.69, 9.17) is 33.7 Å². The van der Waals surface area contributed by atoms with Crippen LogP contribution >= 0.6 is 23.2 Å². The second-order valence-corrected chi connectivity index (χ2v) is 9.98. The second-order valence-electron chi connectivity index (χ2n) is 9.16. The number of primary amides is 1. The summed E-state index contributed by atoms with van der Waals surface area (Å²) in [6, 6.07) is 10.6. The van der Waals surface area contributed by atoms with E-state index in [1.54, 1.807) is 30.3 Å². The highest BCUT2D eigenvalue weighted by molar-refractivity contribution is 6.30. The number of amides is 3. The van der Waals surface area contributed by atoms with Gasteiger partial charge in [0.2, 0.25) is 0 Å². The summed E-state index contributed by atoms with van der Waals surface area (Å²) >= 11 is 12.1.